The predicted molar refractivity (Wildman–Crippen MR) is 81.2 cm³/mol. The fourth-order valence-electron chi connectivity index (χ4n) is 2.46. The average molecular weight is 295 g/mol. The van der Waals surface area contributed by atoms with Crippen molar-refractivity contribution in [3.63, 3.8) is 0 Å². The van der Waals surface area contributed by atoms with Crippen molar-refractivity contribution in [2.24, 2.45) is 0 Å². The van der Waals surface area contributed by atoms with E-state index in [0.29, 0.717) is 23.9 Å². The molecule has 0 aliphatic carbocycles. The number of hydrogen-bond acceptors (Lipinski definition) is 6. The zero-order valence-corrected chi connectivity index (χ0v) is 12.1. The largest absolute Gasteiger partial charge is 0.376 e. The molecule has 3 rings (SSSR count). The fraction of sp³-hybridized carbons (Fsp3) is 0.375. The lowest BCUT2D eigenvalue weighted by Gasteiger charge is -2.12. The summed E-state index contributed by atoms with van der Waals surface area (Å²) in [7, 11) is 0. The zero-order valence-electron chi connectivity index (χ0n) is 12.1. The lowest BCUT2D eigenvalue weighted by atomic mass is 10.0. The van der Waals surface area contributed by atoms with E-state index in [-0.39, 0.29) is 6.10 Å². The van der Waals surface area contributed by atoms with Gasteiger partial charge in [0.1, 0.15) is 5.92 Å². The molecule has 2 atom stereocenters. The van der Waals surface area contributed by atoms with Crippen LogP contribution in [0.2, 0.25) is 0 Å². The van der Waals surface area contributed by atoms with Gasteiger partial charge in [0.15, 0.2) is 0 Å². The summed E-state index contributed by atoms with van der Waals surface area (Å²) >= 11 is 0. The first-order valence-electron chi connectivity index (χ1n) is 7.36. The van der Waals surface area contributed by atoms with Gasteiger partial charge in [-0.2, -0.15) is 5.26 Å². The molecule has 1 N–H and O–H groups in total. The van der Waals surface area contributed by atoms with Crippen LogP contribution in [0.25, 0.3) is 0 Å². The number of pyridine rings is 1. The van der Waals surface area contributed by atoms with Crippen LogP contribution in [0.15, 0.2) is 36.7 Å². The number of nitrogens with zero attached hydrogens (tertiary/aromatic N) is 4. The van der Waals surface area contributed by atoms with Gasteiger partial charge in [-0.25, -0.2) is 9.97 Å². The van der Waals surface area contributed by atoms with E-state index in [0.717, 1.165) is 19.4 Å². The van der Waals surface area contributed by atoms with Crippen LogP contribution in [0, 0.1) is 11.3 Å². The summed E-state index contributed by atoms with van der Waals surface area (Å²) in [5.74, 6) is 0.0247. The molecule has 2 aromatic rings. The third-order valence-corrected chi connectivity index (χ3v) is 3.60. The van der Waals surface area contributed by atoms with Crippen molar-refractivity contribution >= 4 is 5.95 Å². The molecule has 6 heteroatoms. The van der Waals surface area contributed by atoms with Crippen LogP contribution in [0.5, 0.6) is 0 Å². The molecule has 1 saturated heterocycles. The third-order valence-electron chi connectivity index (χ3n) is 3.60. The maximum Gasteiger partial charge on any atom is 0.222 e. The zero-order chi connectivity index (χ0) is 15.2. The Morgan fingerprint density at radius 1 is 1.27 bits per heavy atom. The Labute approximate surface area is 129 Å². The quantitative estimate of drug-likeness (QED) is 0.909. The van der Waals surface area contributed by atoms with Crippen LogP contribution < -0.4 is 5.32 Å². The fourth-order valence-corrected chi connectivity index (χ4v) is 2.46. The molecule has 1 fully saturated rings. The van der Waals surface area contributed by atoms with Crippen LogP contribution in [0.3, 0.4) is 0 Å². The molecule has 0 aromatic carbocycles. The monoisotopic (exact) mass is 295 g/mol. The smallest absolute Gasteiger partial charge is 0.222 e. The van der Waals surface area contributed by atoms with Gasteiger partial charge in [0.25, 0.3) is 0 Å². The van der Waals surface area contributed by atoms with Gasteiger partial charge < -0.3 is 10.1 Å². The van der Waals surface area contributed by atoms with E-state index in [1.165, 1.54) is 0 Å². The van der Waals surface area contributed by atoms with Gasteiger partial charge in [0, 0.05) is 25.5 Å². The summed E-state index contributed by atoms with van der Waals surface area (Å²) in [4.78, 5) is 12.9. The summed E-state index contributed by atoms with van der Waals surface area (Å²) < 4.78 is 5.56. The SMILES string of the molecule is N#CC(c1ccccn1)c1ccnc(NCC2CCCO2)n1. The molecule has 2 unspecified atom stereocenters. The molecule has 1 aliphatic heterocycles. The highest BCUT2D eigenvalue weighted by Gasteiger charge is 2.18. The number of nitriles is 1. The first-order chi connectivity index (χ1) is 10.9. The predicted octanol–water partition coefficient (Wildman–Crippen LogP) is 2.12. The van der Waals surface area contributed by atoms with Crippen LogP contribution in [-0.4, -0.2) is 34.2 Å². The molecule has 0 radical (unpaired) electrons. The van der Waals surface area contributed by atoms with Gasteiger partial charge in [-0.3, -0.25) is 4.98 Å². The van der Waals surface area contributed by atoms with Crippen molar-refractivity contribution in [2.45, 2.75) is 24.9 Å². The number of anilines is 1. The minimum atomic E-state index is -0.493. The molecule has 2 aromatic heterocycles. The second-order valence-corrected chi connectivity index (χ2v) is 5.14. The molecule has 1 aliphatic rings. The van der Waals surface area contributed by atoms with Crippen molar-refractivity contribution in [1.82, 2.24) is 15.0 Å². The van der Waals surface area contributed by atoms with E-state index in [2.05, 4.69) is 26.3 Å². The van der Waals surface area contributed by atoms with Crippen molar-refractivity contribution in [3.05, 3.63) is 48.0 Å². The molecule has 22 heavy (non-hydrogen) atoms. The van der Waals surface area contributed by atoms with Gasteiger partial charge in [0.05, 0.1) is 23.6 Å². The van der Waals surface area contributed by atoms with Crippen LogP contribution >= 0.6 is 0 Å². The molecular formula is C16H17N5O. The highest BCUT2D eigenvalue weighted by Crippen LogP contribution is 2.21. The lowest BCUT2D eigenvalue weighted by Crippen LogP contribution is -2.20. The van der Waals surface area contributed by atoms with E-state index in [1.54, 1.807) is 18.5 Å². The number of hydrogen-bond donors (Lipinski definition) is 1. The van der Waals surface area contributed by atoms with Gasteiger partial charge in [-0.05, 0) is 31.0 Å². The molecule has 112 valence electrons. The number of aromatic nitrogens is 3. The summed E-state index contributed by atoms with van der Waals surface area (Å²) in [6.45, 7) is 1.51. The molecule has 0 spiro atoms. The Balaban J connectivity index is 1.73. The second-order valence-electron chi connectivity index (χ2n) is 5.14. The highest BCUT2D eigenvalue weighted by molar-refractivity contribution is 5.34. The van der Waals surface area contributed by atoms with Crippen molar-refractivity contribution in [1.29, 1.82) is 5.26 Å². The number of nitrogens with one attached hydrogen (secondary N) is 1. The van der Waals surface area contributed by atoms with Crippen LogP contribution in [0.1, 0.15) is 30.1 Å². The maximum absolute atomic E-state index is 9.44. The second kappa shape index (κ2) is 6.96. The van der Waals surface area contributed by atoms with E-state index in [9.17, 15) is 5.26 Å². The normalized spacial score (nSPS) is 18.6. The van der Waals surface area contributed by atoms with Crippen LogP contribution in [-0.2, 0) is 4.74 Å². The van der Waals surface area contributed by atoms with Gasteiger partial charge in [-0.15, -0.1) is 0 Å². The topological polar surface area (TPSA) is 83.7 Å². The minimum absolute atomic E-state index is 0.217. The molecule has 0 amide bonds. The number of ether oxygens (including phenoxy) is 1. The first-order valence-corrected chi connectivity index (χ1v) is 7.36. The van der Waals surface area contributed by atoms with E-state index >= 15 is 0 Å². The Morgan fingerprint density at radius 2 is 2.23 bits per heavy atom. The molecule has 6 nitrogen and oxygen atoms in total. The molecule has 3 heterocycles. The minimum Gasteiger partial charge on any atom is -0.376 e. The van der Waals surface area contributed by atoms with E-state index in [1.807, 2.05) is 18.2 Å². The standard InChI is InChI=1S/C16H17N5O/c17-10-13(14-5-1-2-7-18-14)15-6-8-19-16(21-15)20-11-12-4-3-9-22-12/h1-2,5-8,12-13H,3-4,9,11H2,(H,19,20,21). The van der Waals surface area contributed by atoms with Crippen molar-refractivity contribution < 1.29 is 4.74 Å². The summed E-state index contributed by atoms with van der Waals surface area (Å²) in [6, 6.07) is 9.52. The average Bonchev–Trinajstić information content (AvgIpc) is 3.09. The Bertz CT molecular complexity index is 649. The van der Waals surface area contributed by atoms with Crippen molar-refractivity contribution in [3.8, 4) is 6.07 Å². The molecule has 0 bridgehead atoms. The lowest BCUT2D eigenvalue weighted by molar-refractivity contribution is 0.120. The van der Waals surface area contributed by atoms with E-state index in [4.69, 9.17) is 4.74 Å². The Hall–Kier alpha value is -2.52. The molecular weight excluding hydrogens is 278 g/mol. The maximum atomic E-state index is 9.44. The van der Waals surface area contributed by atoms with Gasteiger partial charge in [-0.1, -0.05) is 6.07 Å². The third kappa shape index (κ3) is 3.38. The van der Waals surface area contributed by atoms with Crippen molar-refractivity contribution in [2.75, 3.05) is 18.5 Å². The Kier molecular flexibility index (Phi) is 4.56. The van der Waals surface area contributed by atoms with Gasteiger partial charge in [0.2, 0.25) is 5.95 Å². The summed E-state index contributed by atoms with van der Waals surface area (Å²) in [5.41, 5.74) is 1.33. The Morgan fingerprint density at radius 3 is 2.95 bits per heavy atom. The highest BCUT2D eigenvalue weighted by atomic mass is 16.5. The van der Waals surface area contributed by atoms with E-state index < -0.39 is 5.92 Å². The first kappa shape index (κ1) is 14.4. The number of rotatable bonds is 5. The molecule has 0 saturated carbocycles. The van der Waals surface area contributed by atoms with Crippen LogP contribution in [0.4, 0.5) is 5.95 Å². The van der Waals surface area contributed by atoms with Gasteiger partial charge >= 0.3 is 0 Å². The summed E-state index contributed by atoms with van der Waals surface area (Å²) in [6.07, 6.45) is 5.71. The summed E-state index contributed by atoms with van der Waals surface area (Å²) in [5, 5.41) is 12.6.